The monoisotopic (exact) mass is 290 g/mol. The average Bonchev–Trinajstić information content (AvgIpc) is 2.41. The number of hydrogen-bond acceptors (Lipinski definition) is 4. The van der Waals surface area contributed by atoms with E-state index in [9.17, 15) is 19.8 Å². The Labute approximate surface area is 120 Å². The van der Waals surface area contributed by atoms with Crippen LogP contribution < -0.4 is 0 Å². The molecule has 0 heterocycles. The van der Waals surface area contributed by atoms with Crippen LogP contribution in [0.5, 0.6) is 11.5 Å². The third kappa shape index (κ3) is 2.65. The molecule has 5 heteroatoms. The minimum atomic E-state index is -0.479. The van der Waals surface area contributed by atoms with E-state index in [2.05, 4.69) is 0 Å². The van der Waals surface area contributed by atoms with Crippen LogP contribution in [0, 0.1) is 0 Å². The highest BCUT2D eigenvalue weighted by molar-refractivity contribution is 6.31. The van der Waals surface area contributed by atoms with Gasteiger partial charge < -0.3 is 10.2 Å². The molecule has 2 rings (SSSR count). The molecule has 0 bridgehead atoms. The van der Waals surface area contributed by atoms with E-state index >= 15 is 0 Å². The van der Waals surface area contributed by atoms with Crippen LogP contribution in [-0.4, -0.2) is 21.8 Å². The van der Waals surface area contributed by atoms with Crippen molar-refractivity contribution in [1.82, 2.24) is 0 Å². The van der Waals surface area contributed by atoms with Gasteiger partial charge in [-0.3, -0.25) is 9.59 Å². The summed E-state index contributed by atoms with van der Waals surface area (Å²) in [5.74, 6) is -1.22. The number of Topliss-reactive ketones (excluding diaryl/α,β-unsaturated/α-hetero) is 1. The van der Waals surface area contributed by atoms with Gasteiger partial charge in [0.2, 0.25) is 0 Å². The van der Waals surface area contributed by atoms with Crippen LogP contribution in [0.15, 0.2) is 36.4 Å². The van der Waals surface area contributed by atoms with Gasteiger partial charge in [0.05, 0.1) is 11.1 Å². The van der Waals surface area contributed by atoms with E-state index in [0.29, 0.717) is 5.02 Å². The Balaban J connectivity index is 2.51. The molecule has 0 amide bonds. The Morgan fingerprint density at radius 3 is 2.20 bits per heavy atom. The summed E-state index contributed by atoms with van der Waals surface area (Å²) in [5, 5.41) is 19.6. The molecule has 0 unspecified atom stereocenters. The molecule has 4 nitrogen and oxygen atoms in total. The zero-order valence-electron chi connectivity index (χ0n) is 10.6. The third-order valence-electron chi connectivity index (χ3n) is 2.84. The maximum atomic E-state index is 12.3. The van der Waals surface area contributed by atoms with Crippen LogP contribution in [-0.2, 0) is 0 Å². The number of phenols is 2. The van der Waals surface area contributed by atoms with E-state index in [-0.39, 0.29) is 34.0 Å². The molecule has 2 N–H and O–H groups in total. The summed E-state index contributed by atoms with van der Waals surface area (Å²) in [7, 11) is 0. The van der Waals surface area contributed by atoms with E-state index in [1.807, 2.05) is 0 Å². The van der Waals surface area contributed by atoms with Crippen molar-refractivity contribution in [3.05, 3.63) is 58.1 Å². The Morgan fingerprint density at radius 2 is 1.55 bits per heavy atom. The van der Waals surface area contributed by atoms with Gasteiger partial charge in [-0.05, 0) is 43.3 Å². The number of phenolic OH excluding ortho intramolecular Hbond substituents is 2. The van der Waals surface area contributed by atoms with Gasteiger partial charge in [-0.25, -0.2) is 0 Å². The third-order valence-corrected chi connectivity index (χ3v) is 3.08. The topological polar surface area (TPSA) is 74.6 Å². The van der Waals surface area contributed by atoms with E-state index in [4.69, 9.17) is 11.6 Å². The first kappa shape index (κ1) is 14.1. The fraction of sp³-hybridized carbons (Fsp3) is 0.0667. The number of benzene rings is 2. The number of halogens is 1. The van der Waals surface area contributed by atoms with Gasteiger partial charge in [0.1, 0.15) is 11.5 Å². The van der Waals surface area contributed by atoms with Crippen LogP contribution in [0.1, 0.15) is 33.2 Å². The number of carbonyl (C=O) groups excluding carboxylic acids is 2. The molecular weight excluding hydrogens is 280 g/mol. The molecule has 20 heavy (non-hydrogen) atoms. The highest BCUT2D eigenvalue weighted by Crippen LogP contribution is 2.26. The maximum absolute atomic E-state index is 12.3. The number of rotatable bonds is 3. The molecule has 0 spiro atoms. The largest absolute Gasteiger partial charge is 0.507 e. The molecule has 2 aromatic carbocycles. The van der Waals surface area contributed by atoms with Crippen molar-refractivity contribution in [2.45, 2.75) is 6.92 Å². The summed E-state index contributed by atoms with van der Waals surface area (Å²) in [5.41, 5.74) is 0.278. The maximum Gasteiger partial charge on any atom is 0.196 e. The predicted octanol–water partition coefficient (Wildman–Crippen LogP) is 3.18. The van der Waals surface area contributed by atoms with E-state index in [0.717, 1.165) is 0 Å². The first-order valence-electron chi connectivity index (χ1n) is 5.77. The molecular formula is C15H11ClO4. The Kier molecular flexibility index (Phi) is 3.77. The van der Waals surface area contributed by atoms with E-state index < -0.39 is 5.78 Å². The molecule has 2 aromatic rings. The zero-order chi connectivity index (χ0) is 14.9. The van der Waals surface area contributed by atoms with Gasteiger partial charge in [0.15, 0.2) is 11.6 Å². The van der Waals surface area contributed by atoms with Crippen LogP contribution in [0.3, 0.4) is 0 Å². The van der Waals surface area contributed by atoms with Gasteiger partial charge in [-0.2, -0.15) is 0 Å². The fourth-order valence-electron chi connectivity index (χ4n) is 1.80. The average molecular weight is 291 g/mol. The minimum absolute atomic E-state index is 0.0395. The Morgan fingerprint density at radius 1 is 0.950 bits per heavy atom. The lowest BCUT2D eigenvalue weighted by Crippen LogP contribution is -2.04. The van der Waals surface area contributed by atoms with Crippen LogP contribution >= 0.6 is 11.6 Å². The normalized spacial score (nSPS) is 10.3. The van der Waals surface area contributed by atoms with Gasteiger partial charge in [0, 0.05) is 10.6 Å². The standard InChI is InChI=1S/C15H11ClO4/c1-8(17)11-6-9(2-4-13(11)18)15(20)12-7-10(16)3-5-14(12)19/h2-7,18-19H,1H3. The molecule has 0 atom stereocenters. The molecule has 0 aliphatic heterocycles. The van der Waals surface area contributed by atoms with Gasteiger partial charge >= 0.3 is 0 Å². The van der Waals surface area contributed by atoms with Gasteiger partial charge in [-0.15, -0.1) is 0 Å². The predicted molar refractivity (Wildman–Crippen MR) is 74.7 cm³/mol. The number of hydrogen-bond donors (Lipinski definition) is 2. The van der Waals surface area contributed by atoms with Crippen molar-refractivity contribution in [3.8, 4) is 11.5 Å². The first-order chi connectivity index (χ1) is 9.40. The van der Waals surface area contributed by atoms with Crippen LogP contribution in [0.4, 0.5) is 0 Å². The Hall–Kier alpha value is -2.33. The van der Waals surface area contributed by atoms with Crippen LogP contribution in [0.2, 0.25) is 5.02 Å². The number of carbonyl (C=O) groups is 2. The fourth-order valence-corrected chi connectivity index (χ4v) is 1.98. The second-order valence-corrected chi connectivity index (χ2v) is 4.72. The smallest absolute Gasteiger partial charge is 0.196 e. The quantitative estimate of drug-likeness (QED) is 0.851. The van der Waals surface area contributed by atoms with Crippen molar-refractivity contribution in [2.24, 2.45) is 0 Å². The number of ketones is 2. The van der Waals surface area contributed by atoms with Crippen molar-refractivity contribution in [1.29, 1.82) is 0 Å². The highest BCUT2D eigenvalue weighted by atomic mass is 35.5. The lowest BCUT2D eigenvalue weighted by molar-refractivity contribution is 0.101. The Bertz CT molecular complexity index is 707. The summed E-state index contributed by atoms with van der Waals surface area (Å²) in [6.45, 7) is 1.29. The summed E-state index contributed by atoms with van der Waals surface area (Å²) >= 11 is 5.80. The molecule has 0 fully saturated rings. The summed E-state index contributed by atoms with van der Waals surface area (Å²) in [6.07, 6.45) is 0. The summed E-state index contributed by atoms with van der Waals surface area (Å²) in [6, 6.07) is 8.07. The van der Waals surface area contributed by atoms with Crippen molar-refractivity contribution >= 4 is 23.2 Å². The molecule has 0 radical (unpaired) electrons. The SMILES string of the molecule is CC(=O)c1cc(C(=O)c2cc(Cl)ccc2O)ccc1O. The minimum Gasteiger partial charge on any atom is -0.507 e. The molecule has 0 aromatic heterocycles. The summed E-state index contributed by atoms with van der Waals surface area (Å²) < 4.78 is 0. The molecule has 102 valence electrons. The second-order valence-electron chi connectivity index (χ2n) is 4.28. The summed E-state index contributed by atoms with van der Waals surface area (Å²) in [4.78, 5) is 23.7. The molecule has 0 aliphatic rings. The van der Waals surface area contributed by atoms with Crippen molar-refractivity contribution in [2.75, 3.05) is 0 Å². The first-order valence-corrected chi connectivity index (χ1v) is 6.15. The zero-order valence-corrected chi connectivity index (χ0v) is 11.3. The van der Waals surface area contributed by atoms with E-state index in [1.54, 1.807) is 0 Å². The van der Waals surface area contributed by atoms with Gasteiger partial charge in [-0.1, -0.05) is 11.6 Å². The lowest BCUT2D eigenvalue weighted by Gasteiger charge is -2.07. The van der Waals surface area contributed by atoms with E-state index in [1.165, 1.54) is 43.3 Å². The van der Waals surface area contributed by atoms with Crippen molar-refractivity contribution in [3.63, 3.8) is 0 Å². The number of aromatic hydroxyl groups is 2. The van der Waals surface area contributed by atoms with Gasteiger partial charge in [0.25, 0.3) is 0 Å². The molecule has 0 saturated carbocycles. The molecule has 0 saturated heterocycles. The highest BCUT2D eigenvalue weighted by Gasteiger charge is 2.17. The second kappa shape index (κ2) is 5.35. The van der Waals surface area contributed by atoms with Crippen LogP contribution in [0.25, 0.3) is 0 Å². The molecule has 0 aliphatic carbocycles. The lowest BCUT2D eigenvalue weighted by atomic mass is 9.99. The van der Waals surface area contributed by atoms with Crippen molar-refractivity contribution < 1.29 is 19.8 Å².